The van der Waals surface area contributed by atoms with Crippen LogP contribution in [0.5, 0.6) is 5.75 Å². The molecule has 1 aliphatic rings. The number of nitrogens with one attached hydrogen (secondary N) is 1. The van der Waals surface area contributed by atoms with Crippen LogP contribution in [-0.2, 0) is 0 Å². The molecule has 2 rings (SSSR count). The summed E-state index contributed by atoms with van der Waals surface area (Å²) in [7, 11) is 0. The van der Waals surface area contributed by atoms with Gasteiger partial charge in [0, 0.05) is 19.6 Å². The molecule has 1 aromatic rings. The highest BCUT2D eigenvalue weighted by Crippen LogP contribution is 2.09. The molecule has 0 radical (unpaired) electrons. The van der Waals surface area contributed by atoms with Crippen molar-refractivity contribution in [3.63, 3.8) is 0 Å². The lowest BCUT2D eigenvalue weighted by Crippen LogP contribution is -2.46. The van der Waals surface area contributed by atoms with Crippen molar-refractivity contribution in [2.75, 3.05) is 26.2 Å². The highest BCUT2D eigenvalue weighted by molar-refractivity contribution is 5.20. The summed E-state index contributed by atoms with van der Waals surface area (Å²) in [6.45, 7) is 3.02. The third kappa shape index (κ3) is 4.64. The minimum absolute atomic E-state index is 0.324. The van der Waals surface area contributed by atoms with Crippen LogP contribution in [0.25, 0.3) is 0 Å². The number of ether oxygens (including phenoxy) is 1. The molecule has 4 nitrogen and oxygen atoms in total. The molecular formula is C14H22N2O2. The molecule has 1 aromatic carbocycles. The summed E-state index contributed by atoms with van der Waals surface area (Å²) < 4.78 is 5.50. The molecule has 0 saturated carbocycles. The van der Waals surface area contributed by atoms with Crippen LogP contribution >= 0.6 is 0 Å². The number of rotatable bonds is 6. The number of hydrogen-bond acceptors (Lipinski definition) is 4. The Kier molecular flexibility index (Phi) is 5.45. The van der Waals surface area contributed by atoms with E-state index in [2.05, 4.69) is 10.4 Å². The average molecular weight is 250 g/mol. The fourth-order valence-corrected chi connectivity index (χ4v) is 2.05. The number of nitrogens with zero attached hydrogens (tertiary/aromatic N) is 1. The van der Waals surface area contributed by atoms with E-state index in [1.54, 1.807) is 0 Å². The summed E-state index contributed by atoms with van der Waals surface area (Å²) >= 11 is 0. The van der Waals surface area contributed by atoms with Crippen LogP contribution < -0.4 is 10.2 Å². The molecule has 100 valence electrons. The number of hydrazine groups is 1. The van der Waals surface area contributed by atoms with Crippen molar-refractivity contribution in [1.29, 1.82) is 0 Å². The van der Waals surface area contributed by atoms with Crippen molar-refractivity contribution in [3.8, 4) is 5.75 Å². The topological polar surface area (TPSA) is 44.7 Å². The van der Waals surface area contributed by atoms with Crippen LogP contribution in [0.3, 0.4) is 0 Å². The maximum atomic E-state index is 9.83. The van der Waals surface area contributed by atoms with Gasteiger partial charge in [0.05, 0.1) is 0 Å². The molecule has 0 aromatic heterocycles. The van der Waals surface area contributed by atoms with Crippen molar-refractivity contribution >= 4 is 0 Å². The van der Waals surface area contributed by atoms with Crippen molar-refractivity contribution in [3.05, 3.63) is 30.3 Å². The second-order valence-electron chi connectivity index (χ2n) is 4.69. The molecule has 1 heterocycles. The second-order valence-corrected chi connectivity index (χ2v) is 4.69. The number of para-hydroxylation sites is 1. The molecule has 0 amide bonds. The quantitative estimate of drug-likeness (QED) is 0.801. The monoisotopic (exact) mass is 250 g/mol. The standard InChI is InChI=1S/C14H22N2O2/c17-13(11-15-16-9-5-2-6-10-16)12-18-14-7-3-1-4-8-14/h1,3-4,7-8,13,15,17H,2,5-6,9-12H2. The molecule has 0 aliphatic carbocycles. The zero-order valence-electron chi connectivity index (χ0n) is 10.7. The van der Waals surface area contributed by atoms with Crippen molar-refractivity contribution in [2.45, 2.75) is 25.4 Å². The fraction of sp³-hybridized carbons (Fsp3) is 0.571. The van der Waals surface area contributed by atoms with E-state index in [1.165, 1.54) is 19.3 Å². The smallest absolute Gasteiger partial charge is 0.119 e. The fourth-order valence-electron chi connectivity index (χ4n) is 2.05. The predicted octanol–water partition coefficient (Wildman–Crippen LogP) is 1.42. The van der Waals surface area contributed by atoms with Crippen molar-refractivity contribution in [1.82, 2.24) is 10.4 Å². The molecule has 1 aliphatic heterocycles. The van der Waals surface area contributed by atoms with Gasteiger partial charge in [0.2, 0.25) is 0 Å². The summed E-state index contributed by atoms with van der Waals surface area (Å²) in [5, 5.41) is 12.0. The Labute approximate surface area is 109 Å². The predicted molar refractivity (Wildman–Crippen MR) is 71.4 cm³/mol. The lowest BCUT2D eigenvalue weighted by molar-refractivity contribution is 0.0684. The number of benzene rings is 1. The maximum Gasteiger partial charge on any atom is 0.119 e. The minimum Gasteiger partial charge on any atom is -0.491 e. The first-order valence-electron chi connectivity index (χ1n) is 6.69. The second kappa shape index (κ2) is 7.36. The van der Waals surface area contributed by atoms with Crippen LogP contribution in [-0.4, -0.2) is 42.5 Å². The molecule has 0 bridgehead atoms. The number of aliphatic hydroxyl groups excluding tert-OH is 1. The average Bonchev–Trinajstić information content (AvgIpc) is 2.45. The van der Waals surface area contributed by atoms with Gasteiger partial charge in [0.25, 0.3) is 0 Å². The molecule has 1 fully saturated rings. The van der Waals surface area contributed by atoms with E-state index in [9.17, 15) is 5.11 Å². The Morgan fingerprint density at radius 3 is 2.61 bits per heavy atom. The van der Waals surface area contributed by atoms with E-state index in [0.29, 0.717) is 13.2 Å². The first kappa shape index (κ1) is 13.3. The summed E-state index contributed by atoms with van der Waals surface area (Å²) in [5.74, 6) is 0.800. The number of piperidine rings is 1. The summed E-state index contributed by atoms with van der Waals surface area (Å²) in [5.41, 5.74) is 3.26. The van der Waals surface area contributed by atoms with E-state index in [4.69, 9.17) is 4.74 Å². The van der Waals surface area contributed by atoms with E-state index < -0.39 is 6.10 Å². The number of aliphatic hydroxyl groups is 1. The van der Waals surface area contributed by atoms with Crippen LogP contribution in [0.15, 0.2) is 30.3 Å². The lowest BCUT2D eigenvalue weighted by atomic mass is 10.2. The van der Waals surface area contributed by atoms with E-state index in [-0.39, 0.29) is 0 Å². The van der Waals surface area contributed by atoms with Gasteiger partial charge >= 0.3 is 0 Å². The molecule has 1 unspecified atom stereocenters. The molecule has 18 heavy (non-hydrogen) atoms. The Morgan fingerprint density at radius 1 is 1.17 bits per heavy atom. The molecule has 2 N–H and O–H groups in total. The normalized spacial score (nSPS) is 18.5. The minimum atomic E-state index is -0.480. The van der Waals surface area contributed by atoms with Crippen LogP contribution in [0.2, 0.25) is 0 Å². The van der Waals surface area contributed by atoms with Gasteiger partial charge in [0.15, 0.2) is 0 Å². The van der Waals surface area contributed by atoms with Gasteiger partial charge in [-0.2, -0.15) is 0 Å². The molecule has 1 saturated heterocycles. The van der Waals surface area contributed by atoms with Gasteiger partial charge < -0.3 is 9.84 Å². The van der Waals surface area contributed by atoms with Crippen molar-refractivity contribution in [2.24, 2.45) is 0 Å². The van der Waals surface area contributed by atoms with Gasteiger partial charge in [-0.25, -0.2) is 5.01 Å². The zero-order chi connectivity index (χ0) is 12.6. The van der Waals surface area contributed by atoms with Gasteiger partial charge in [-0.05, 0) is 25.0 Å². The maximum absolute atomic E-state index is 9.83. The molecule has 0 spiro atoms. The van der Waals surface area contributed by atoms with Gasteiger partial charge in [-0.15, -0.1) is 0 Å². The first-order valence-corrected chi connectivity index (χ1v) is 6.69. The van der Waals surface area contributed by atoms with Crippen LogP contribution in [0.4, 0.5) is 0 Å². The largest absolute Gasteiger partial charge is 0.491 e. The Balaban J connectivity index is 1.61. The van der Waals surface area contributed by atoms with Gasteiger partial charge in [-0.1, -0.05) is 24.6 Å². The summed E-state index contributed by atoms with van der Waals surface area (Å²) in [6.07, 6.45) is 3.32. The van der Waals surface area contributed by atoms with Crippen LogP contribution in [0.1, 0.15) is 19.3 Å². The molecule has 4 heteroatoms. The molecule has 1 atom stereocenters. The van der Waals surface area contributed by atoms with Gasteiger partial charge in [0.1, 0.15) is 18.5 Å². The molecular weight excluding hydrogens is 228 g/mol. The van der Waals surface area contributed by atoms with E-state index in [0.717, 1.165) is 18.8 Å². The zero-order valence-corrected chi connectivity index (χ0v) is 10.7. The summed E-state index contributed by atoms with van der Waals surface area (Å²) in [6, 6.07) is 9.58. The van der Waals surface area contributed by atoms with E-state index >= 15 is 0 Å². The Bertz CT molecular complexity index is 326. The van der Waals surface area contributed by atoms with Crippen molar-refractivity contribution < 1.29 is 9.84 Å². The Morgan fingerprint density at radius 2 is 1.89 bits per heavy atom. The third-order valence-corrected chi connectivity index (χ3v) is 3.09. The third-order valence-electron chi connectivity index (χ3n) is 3.09. The lowest BCUT2D eigenvalue weighted by Gasteiger charge is -2.28. The highest BCUT2D eigenvalue weighted by Gasteiger charge is 2.11. The summed E-state index contributed by atoms with van der Waals surface area (Å²) in [4.78, 5) is 0. The first-order chi connectivity index (χ1) is 8.84. The number of hydrogen-bond donors (Lipinski definition) is 2. The van der Waals surface area contributed by atoms with E-state index in [1.807, 2.05) is 30.3 Å². The highest BCUT2D eigenvalue weighted by atomic mass is 16.5. The van der Waals surface area contributed by atoms with Crippen LogP contribution in [0, 0.1) is 0 Å². The SMILES string of the molecule is OC(CNN1CCCCC1)COc1ccccc1. The van der Waals surface area contributed by atoms with Gasteiger partial charge in [-0.3, -0.25) is 5.43 Å². The Hall–Kier alpha value is -1.10.